The standard InChI is InChI=1S/C16H25NO2/c1-12(10-15(18)19)11-17(5)14-8-6-13(7-9-14)16(2,3)4/h6-9,12H,10-11H2,1-5H3,(H,18,19). The van der Waals surface area contributed by atoms with E-state index in [0.717, 1.165) is 12.2 Å². The average molecular weight is 263 g/mol. The normalized spacial score (nSPS) is 13.1. The molecule has 1 aromatic rings. The van der Waals surface area contributed by atoms with Crippen LogP contribution in [-0.2, 0) is 10.2 Å². The van der Waals surface area contributed by atoms with Gasteiger partial charge in [-0.25, -0.2) is 0 Å². The van der Waals surface area contributed by atoms with Gasteiger partial charge in [-0.1, -0.05) is 39.8 Å². The molecule has 1 unspecified atom stereocenters. The van der Waals surface area contributed by atoms with Crippen LogP contribution in [0.15, 0.2) is 24.3 Å². The SMILES string of the molecule is CC(CC(=O)O)CN(C)c1ccc(C(C)(C)C)cc1. The fourth-order valence-corrected chi connectivity index (χ4v) is 2.15. The van der Waals surface area contributed by atoms with E-state index in [4.69, 9.17) is 5.11 Å². The number of benzene rings is 1. The lowest BCUT2D eigenvalue weighted by Crippen LogP contribution is -2.25. The molecule has 0 saturated carbocycles. The second-order valence-electron chi connectivity index (χ2n) is 6.38. The van der Waals surface area contributed by atoms with Crippen LogP contribution >= 0.6 is 0 Å². The summed E-state index contributed by atoms with van der Waals surface area (Å²) < 4.78 is 0. The van der Waals surface area contributed by atoms with Gasteiger partial charge in [-0.3, -0.25) is 4.79 Å². The zero-order valence-corrected chi connectivity index (χ0v) is 12.6. The van der Waals surface area contributed by atoms with Gasteiger partial charge in [0.2, 0.25) is 0 Å². The topological polar surface area (TPSA) is 40.5 Å². The maximum Gasteiger partial charge on any atom is 0.303 e. The number of hydrogen-bond donors (Lipinski definition) is 1. The van der Waals surface area contributed by atoms with Gasteiger partial charge in [0.1, 0.15) is 0 Å². The summed E-state index contributed by atoms with van der Waals surface area (Å²) in [7, 11) is 2.00. The van der Waals surface area contributed by atoms with Gasteiger partial charge in [0.15, 0.2) is 0 Å². The van der Waals surface area contributed by atoms with Gasteiger partial charge in [-0.2, -0.15) is 0 Å². The lowest BCUT2D eigenvalue weighted by atomic mass is 9.87. The first-order chi connectivity index (χ1) is 8.70. The minimum Gasteiger partial charge on any atom is -0.481 e. The third kappa shape index (κ3) is 4.93. The van der Waals surface area contributed by atoms with Crippen molar-refractivity contribution in [1.82, 2.24) is 0 Å². The summed E-state index contributed by atoms with van der Waals surface area (Å²) in [6.45, 7) is 9.30. The van der Waals surface area contributed by atoms with Crippen molar-refractivity contribution >= 4 is 11.7 Å². The highest BCUT2D eigenvalue weighted by Gasteiger charge is 2.14. The van der Waals surface area contributed by atoms with E-state index in [1.165, 1.54) is 5.56 Å². The number of hydrogen-bond acceptors (Lipinski definition) is 2. The van der Waals surface area contributed by atoms with Crippen molar-refractivity contribution in [3.05, 3.63) is 29.8 Å². The third-order valence-corrected chi connectivity index (χ3v) is 3.28. The zero-order chi connectivity index (χ0) is 14.6. The monoisotopic (exact) mass is 263 g/mol. The number of carboxylic acids is 1. The summed E-state index contributed by atoms with van der Waals surface area (Å²) in [6, 6.07) is 8.50. The van der Waals surface area contributed by atoms with E-state index < -0.39 is 5.97 Å². The van der Waals surface area contributed by atoms with Gasteiger partial charge in [0.25, 0.3) is 0 Å². The molecule has 0 aliphatic heterocycles. The number of carboxylic acid groups (broad SMARTS) is 1. The molecule has 0 aliphatic carbocycles. The molecule has 0 heterocycles. The fourth-order valence-electron chi connectivity index (χ4n) is 2.15. The highest BCUT2D eigenvalue weighted by atomic mass is 16.4. The van der Waals surface area contributed by atoms with E-state index in [-0.39, 0.29) is 17.8 Å². The quantitative estimate of drug-likeness (QED) is 0.883. The third-order valence-electron chi connectivity index (χ3n) is 3.28. The number of carbonyl (C=O) groups is 1. The maximum absolute atomic E-state index is 10.7. The Bertz CT molecular complexity index is 417. The number of anilines is 1. The molecule has 3 heteroatoms. The van der Waals surface area contributed by atoms with E-state index >= 15 is 0 Å². The number of nitrogens with zero attached hydrogens (tertiary/aromatic N) is 1. The van der Waals surface area contributed by atoms with Gasteiger partial charge in [0.05, 0.1) is 0 Å². The average Bonchev–Trinajstić information content (AvgIpc) is 2.26. The molecule has 0 aliphatic rings. The second-order valence-corrected chi connectivity index (χ2v) is 6.38. The van der Waals surface area contributed by atoms with Crippen LogP contribution < -0.4 is 4.90 Å². The van der Waals surface area contributed by atoms with E-state index in [9.17, 15) is 4.79 Å². The largest absolute Gasteiger partial charge is 0.481 e. The van der Waals surface area contributed by atoms with Crippen LogP contribution in [0.5, 0.6) is 0 Å². The number of rotatable bonds is 5. The first-order valence-electron chi connectivity index (χ1n) is 6.73. The van der Waals surface area contributed by atoms with Crippen molar-refractivity contribution in [3.8, 4) is 0 Å². The van der Waals surface area contributed by atoms with Gasteiger partial charge in [-0.05, 0) is 29.0 Å². The van der Waals surface area contributed by atoms with Crippen LogP contribution in [-0.4, -0.2) is 24.7 Å². The van der Waals surface area contributed by atoms with E-state index in [1.54, 1.807) is 0 Å². The lowest BCUT2D eigenvalue weighted by Gasteiger charge is -2.24. The first-order valence-corrected chi connectivity index (χ1v) is 6.73. The van der Waals surface area contributed by atoms with Crippen LogP contribution in [0.4, 0.5) is 5.69 Å². The minimum atomic E-state index is -0.732. The summed E-state index contributed by atoms with van der Waals surface area (Å²) in [5.74, 6) is -0.589. The summed E-state index contributed by atoms with van der Waals surface area (Å²) >= 11 is 0. The molecule has 1 atom stereocenters. The van der Waals surface area contributed by atoms with Gasteiger partial charge in [0, 0.05) is 25.7 Å². The lowest BCUT2D eigenvalue weighted by molar-refractivity contribution is -0.137. The predicted octanol–water partition coefficient (Wildman–Crippen LogP) is 3.53. The zero-order valence-electron chi connectivity index (χ0n) is 12.6. The van der Waals surface area contributed by atoms with Crippen molar-refractivity contribution in [2.45, 2.75) is 39.5 Å². The van der Waals surface area contributed by atoms with Crippen LogP contribution in [0.25, 0.3) is 0 Å². The summed E-state index contributed by atoms with van der Waals surface area (Å²) in [5.41, 5.74) is 2.60. The molecule has 0 spiro atoms. The van der Waals surface area contributed by atoms with Crippen LogP contribution in [0.1, 0.15) is 39.7 Å². The van der Waals surface area contributed by atoms with Crippen LogP contribution in [0, 0.1) is 5.92 Å². The van der Waals surface area contributed by atoms with E-state index in [1.807, 2.05) is 14.0 Å². The molecule has 0 bridgehead atoms. The van der Waals surface area contributed by atoms with E-state index in [2.05, 4.69) is 49.9 Å². The molecule has 19 heavy (non-hydrogen) atoms. The molecule has 1 rings (SSSR count). The van der Waals surface area contributed by atoms with Gasteiger partial charge >= 0.3 is 5.97 Å². The van der Waals surface area contributed by atoms with Crippen LogP contribution in [0.3, 0.4) is 0 Å². The van der Waals surface area contributed by atoms with Crippen LogP contribution in [0.2, 0.25) is 0 Å². The van der Waals surface area contributed by atoms with Crippen molar-refractivity contribution in [3.63, 3.8) is 0 Å². The highest BCUT2D eigenvalue weighted by molar-refractivity contribution is 5.67. The molecule has 106 valence electrons. The molecule has 0 saturated heterocycles. The van der Waals surface area contributed by atoms with Gasteiger partial charge < -0.3 is 10.0 Å². The molecular weight excluding hydrogens is 238 g/mol. The number of aliphatic carboxylic acids is 1. The molecule has 0 aromatic heterocycles. The summed E-state index contributed by atoms with van der Waals surface area (Å²) in [4.78, 5) is 12.8. The maximum atomic E-state index is 10.7. The Morgan fingerprint density at radius 3 is 2.21 bits per heavy atom. The van der Waals surface area contributed by atoms with Crippen molar-refractivity contribution in [1.29, 1.82) is 0 Å². The van der Waals surface area contributed by atoms with Crippen molar-refractivity contribution < 1.29 is 9.90 Å². The highest BCUT2D eigenvalue weighted by Crippen LogP contribution is 2.24. The fraction of sp³-hybridized carbons (Fsp3) is 0.562. The summed E-state index contributed by atoms with van der Waals surface area (Å²) in [5, 5.41) is 8.77. The predicted molar refractivity (Wildman–Crippen MR) is 79.8 cm³/mol. The second kappa shape index (κ2) is 6.09. The molecule has 0 radical (unpaired) electrons. The molecule has 0 fully saturated rings. The van der Waals surface area contributed by atoms with E-state index in [0.29, 0.717) is 0 Å². The minimum absolute atomic E-state index is 0.143. The Hall–Kier alpha value is -1.51. The van der Waals surface area contributed by atoms with Crippen molar-refractivity contribution in [2.24, 2.45) is 5.92 Å². The Balaban J connectivity index is 2.68. The van der Waals surface area contributed by atoms with Gasteiger partial charge in [-0.15, -0.1) is 0 Å². The smallest absolute Gasteiger partial charge is 0.303 e. The Morgan fingerprint density at radius 2 is 1.79 bits per heavy atom. The Kier molecular flexibility index (Phi) is 4.98. The molecule has 1 N–H and O–H groups in total. The molecule has 1 aromatic carbocycles. The molecular formula is C16H25NO2. The van der Waals surface area contributed by atoms with Crippen molar-refractivity contribution in [2.75, 3.05) is 18.5 Å². The Morgan fingerprint density at radius 1 is 1.26 bits per heavy atom. The summed E-state index contributed by atoms with van der Waals surface area (Å²) in [6.07, 6.45) is 0.213. The first kappa shape index (κ1) is 15.5. The molecule has 3 nitrogen and oxygen atoms in total. The molecule has 0 amide bonds. The Labute approximate surface area is 116 Å².